The van der Waals surface area contributed by atoms with Crippen LogP contribution < -0.4 is 5.32 Å². The first kappa shape index (κ1) is 19.1. The molecule has 1 aromatic heterocycles. The molecule has 5 nitrogen and oxygen atoms in total. The van der Waals surface area contributed by atoms with Crippen molar-refractivity contribution < 1.29 is 14.0 Å². The summed E-state index contributed by atoms with van der Waals surface area (Å²) in [7, 11) is 1.70. The number of benzene rings is 1. The van der Waals surface area contributed by atoms with Crippen molar-refractivity contribution in [2.45, 2.75) is 32.9 Å². The van der Waals surface area contributed by atoms with Crippen LogP contribution in [0.5, 0.6) is 0 Å². The normalized spacial score (nSPS) is 13.1. The topological polar surface area (TPSA) is 62.6 Å². The second-order valence-corrected chi connectivity index (χ2v) is 6.55. The van der Waals surface area contributed by atoms with Gasteiger partial charge in [-0.25, -0.2) is 0 Å². The van der Waals surface area contributed by atoms with Crippen molar-refractivity contribution in [2.75, 3.05) is 7.05 Å². The molecule has 2 atom stereocenters. The summed E-state index contributed by atoms with van der Waals surface area (Å²) in [5.74, 6) is 0.264. The van der Waals surface area contributed by atoms with E-state index in [-0.39, 0.29) is 17.7 Å². The zero-order valence-corrected chi connectivity index (χ0v) is 15.4. The fourth-order valence-corrected chi connectivity index (χ4v) is 2.59. The molecular weight excluding hydrogens is 340 g/mol. The van der Waals surface area contributed by atoms with Gasteiger partial charge in [-0.3, -0.25) is 9.59 Å². The van der Waals surface area contributed by atoms with Crippen LogP contribution in [0, 0.1) is 5.92 Å². The molecule has 134 valence electrons. The van der Waals surface area contributed by atoms with Crippen molar-refractivity contribution in [3.63, 3.8) is 0 Å². The maximum Gasteiger partial charge on any atom is 0.251 e. The van der Waals surface area contributed by atoms with Gasteiger partial charge in [-0.15, -0.1) is 0 Å². The molecule has 0 spiro atoms. The lowest BCUT2D eigenvalue weighted by Crippen LogP contribution is -2.50. The summed E-state index contributed by atoms with van der Waals surface area (Å²) in [5, 5.41) is 3.42. The fourth-order valence-electron chi connectivity index (χ4n) is 2.46. The van der Waals surface area contributed by atoms with Gasteiger partial charge in [0.1, 0.15) is 11.8 Å². The van der Waals surface area contributed by atoms with Crippen molar-refractivity contribution in [1.29, 1.82) is 0 Å². The molecule has 0 fully saturated rings. The lowest BCUT2D eigenvalue weighted by atomic mass is 9.97. The van der Waals surface area contributed by atoms with Gasteiger partial charge in [0, 0.05) is 17.6 Å². The number of halogens is 1. The smallest absolute Gasteiger partial charge is 0.251 e. The summed E-state index contributed by atoms with van der Waals surface area (Å²) in [4.78, 5) is 26.9. The average Bonchev–Trinajstić information content (AvgIpc) is 3.11. The van der Waals surface area contributed by atoms with Gasteiger partial charge in [-0.1, -0.05) is 31.9 Å². The van der Waals surface area contributed by atoms with E-state index in [1.807, 2.05) is 19.9 Å². The summed E-state index contributed by atoms with van der Waals surface area (Å²) in [6.45, 7) is 4.30. The number of nitrogens with zero attached hydrogens (tertiary/aromatic N) is 1. The lowest BCUT2D eigenvalue weighted by Gasteiger charge is -2.28. The van der Waals surface area contributed by atoms with E-state index in [1.54, 1.807) is 48.5 Å². The Labute approximate surface area is 153 Å². The van der Waals surface area contributed by atoms with Crippen molar-refractivity contribution >= 4 is 23.4 Å². The van der Waals surface area contributed by atoms with Gasteiger partial charge in [-0.2, -0.15) is 0 Å². The molecule has 0 aliphatic heterocycles. The van der Waals surface area contributed by atoms with Crippen LogP contribution in [0.25, 0.3) is 0 Å². The van der Waals surface area contributed by atoms with Crippen LogP contribution >= 0.6 is 11.6 Å². The van der Waals surface area contributed by atoms with Gasteiger partial charge in [-0.05, 0) is 42.3 Å². The maximum absolute atomic E-state index is 12.8. The number of nitrogens with one attached hydrogen (secondary N) is 1. The van der Waals surface area contributed by atoms with Gasteiger partial charge in [0.05, 0.1) is 12.8 Å². The predicted molar refractivity (Wildman–Crippen MR) is 97.3 cm³/mol. The SMILES string of the molecule is CCC(C)C(NC(=O)c1ccc(Cl)cc1)C(=O)N(C)Cc1ccco1. The lowest BCUT2D eigenvalue weighted by molar-refractivity contribution is -0.134. The quantitative estimate of drug-likeness (QED) is 0.816. The molecule has 0 saturated heterocycles. The highest BCUT2D eigenvalue weighted by Gasteiger charge is 2.29. The molecule has 0 bridgehead atoms. The van der Waals surface area contributed by atoms with Crippen LogP contribution in [0.1, 0.15) is 36.4 Å². The van der Waals surface area contributed by atoms with Gasteiger partial charge >= 0.3 is 0 Å². The van der Waals surface area contributed by atoms with Crippen LogP contribution in [0.3, 0.4) is 0 Å². The van der Waals surface area contributed by atoms with E-state index in [0.29, 0.717) is 22.9 Å². The van der Waals surface area contributed by atoms with E-state index >= 15 is 0 Å². The van der Waals surface area contributed by atoms with Gasteiger partial charge < -0.3 is 14.6 Å². The number of carbonyl (C=O) groups excluding carboxylic acids is 2. The number of carbonyl (C=O) groups is 2. The Morgan fingerprint density at radius 3 is 2.48 bits per heavy atom. The molecule has 2 amide bonds. The highest BCUT2D eigenvalue weighted by molar-refractivity contribution is 6.30. The summed E-state index contributed by atoms with van der Waals surface area (Å²) in [6, 6.07) is 9.58. The zero-order chi connectivity index (χ0) is 18.4. The third-order valence-corrected chi connectivity index (χ3v) is 4.47. The van der Waals surface area contributed by atoms with E-state index in [2.05, 4.69) is 5.32 Å². The second-order valence-electron chi connectivity index (χ2n) is 6.12. The largest absolute Gasteiger partial charge is 0.467 e. The minimum atomic E-state index is -0.604. The Balaban J connectivity index is 2.10. The van der Waals surface area contributed by atoms with Crippen molar-refractivity contribution in [1.82, 2.24) is 10.2 Å². The summed E-state index contributed by atoms with van der Waals surface area (Å²) >= 11 is 5.85. The average molecular weight is 363 g/mol. The fraction of sp³-hybridized carbons (Fsp3) is 0.368. The zero-order valence-electron chi connectivity index (χ0n) is 14.7. The number of hydrogen-bond acceptors (Lipinski definition) is 3. The van der Waals surface area contributed by atoms with E-state index in [1.165, 1.54) is 0 Å². The standard InChI is InChI=1S/C19H23ClN2O3/c1-4-13(2)17(19(24)22(3)12-16-6-5-11-25-16)21-18(23)14-7-9-15(20)10-8-14/h5-11,13,17H,4,12H2,1-3H3,(H,21,23). The molecule has 2 rings (SSSR count). The van der Waals surface area contributed by atoms with Crippen molar-refractivity contribution in [3.8, 4) is 0 Å². The second kappa shape index (κ2) is 8.72. The van der Waals surface area contributed by atoms with E-state index < -0.39 is 6.04 Å². The first-order valence-corrected chi connectivity index (χ1v) is 8.64. The number of amides is 2. The molecule has 1 aromatic carbocycles. The summed E-state index contributed by atoms with van der Waals surface area (Å²) in [6.07, 6.45) is 2.34. The molecule has 2 aromatic rings. The summed E-state index contributed by atoms with van der Waals surface area (Å²) < 4.78 is 5.29. The number of rotatable bonds is 7. The minimum Gasteiger partial charge on any atom is -0.467 e. The Bertz CT molecular complexity index is 698. The Hall–Kier alpha value is -2.27. The molecule has 0 aliphatic rings. The van der Waals surface area contributed by atoms with Crippen molar-refractivity contribution in [2.24, 2.45) is 5.92 Å². The Kier molecular flexibility index (Phi) is 6.65. The van der Waals surface area contributed by atoms with Crippen LogP contribution in [0.4, 0.5) is 0 Å². The third kappa shape index (κ3) is 5.10. The molecule has 0 saturated carbocycles. The maximum atomic E-state index is 12.8. The molecule has 0 aliphatic carbocycles. The highest BCUT2D eigenvalue weighted by Crippen LogP contribution is 2.15. The predicted octanol–water partition coefficient (Wildman–Crippen LogP) is 3.74. The van der Waals surface area contributed by atoms with E-state index in [0.717, 1.165) is 6.42 Å². The molecule has 2 unspecified atom stereocenters. The van der Waals surface area contributed by atoms with Crippen LogP contribution in [0.15, 0.2) is 47.1 Å². The van der Waals surface area contributed by atoms with Gasteiger partial charge in [0.25, 0.3) is 5.91 Å². The first-order valence-electron chi connectivity index (χ1n) is 8.26. The Morgan fingerprint density at radius 1 is 1.24 bits per heavy atom. The molecule has 1 heterocycles. The molecule has 25 heavy (non-hydrogen) atoms. The molecule has 0 radical (unpaired) electrons. The first-order chi connectivity index (χ1) is 11.9. The van der Waals surface area contributed by atoms with Crippen LogP contribution in [0.2, 0.25) is 5.02 Å². The number of hydrogen-bond donors (Lipinski definition) is 1. The summed E-state index contributed by atoms with van der Waals surface area (Å²) in [5.41, 5.74) is 0.471. The third-order valence-electron chi connectivity index (χ3n) is 4.22. The monoisotopic (exact) mass is 362 g/mol. The highest BCUT2D eigenvalue weighted by atomic mass is 35.5. The van der Waals surface area contributed by atoms with Gasteiger partial charge in [0.2, 0.25) is 5.91 Å². The molecule has 6 heteroatoms. The van der Waals surface area contributed by atoms with E-state index in [4.69, 9.17) is 16.0 Å². The minimum absolute atomic E-state index is 0.00259. The number of furan rings is 1. The van der Waals surface area contributed by atoms with Crippen molar-refractivity contribution in [3.05, 3.63) is 59.0 Å². The molecule has 1 N–H and O–H groups in total. The Morgan fingerprint density at radius 2 is 1.92 bits per heavy atom. The number of likely N-dealkylation sites (N-methyl/N-ethyl adjacent to an activating group) is 1. The van der Waals surface area contributed by atoms with Gasteiger partial charge in [0.15, 0.2) is 0 Å². The van der Waals surface area contributed by atoms with Crippen LogP contribution in [-0.4, -0.2) is 29.8 Å². The van der Waals surface area contributed by atoms with E-state index in [9.17, 15) is 9.59 Å². The van der Waals surface area contributed by atoms with Crippen LogP contribution in [-0.2, 0) is 11.3 Å². The molecular formula is C19H23ClN2O3.